The SMILES string of the molecule is CCNC(=O)CCNc1c(Br)cc(C)cc1Br. The molecule has 0 atom stereocenters. The van der Waals surface area contributed by atoms with Crippen LogP contribution in [0.5, 0.6) is 0 Å². The number of benzene rings is 1. The van der Waals surface area contributed by atoms with Crippen LogP contribution >= 0.6 is 31.9 Å². The second-order valence-corrected chi connectivity index (χ2v) is 5.44. The molecule has 0 saturated carbocycles. The summed E-state index contributed by atoms with van der Waals surface area (Å²) in [6.07, 6.45) is 0.473. The van der Waals surface area contributed by atoms with Crippen LogP contribution < -0.4 is 10.6 Å². The average Bonchev–Trinajstić information content (AvgIpc) is 2.22. The van der Waals surface area contributed by atoms with Gasteiger partial charge in [0, 0.05) is 28.5 Å². The van der Waals surface area contributed by atoms with E-state index >= 15 is 0 Å². The quantitative estimate of drug-likeness (QED) is 0.841. The molecule has 0 saturated heterocycles. The summed E-state index contributed by atoms with van der Waals surface area (Å²) in [5.74, 6) is 0.0688. The molecule has 17 heavy (non-hydrogen) atoms. The van der Waals surface area contributed by atoms with E-state index in [2.05, 4.69) is 42.5 Å². The van der Waals surface area contributed by atoms with Crippen molar-refractivity contribution in [2.24, 2.45) is 0 Å². The van der Waals surface area contributed by atoms with E-state index in [-0.39, 0.29) is 5.91 Å². The van der Waals surface area contributed by atoms with E-state index in [1.54, 1.807) is 0 Å². The Morgan fingerprint density at radius 3 is 2.41 bits per heavy atom. The number of nitrogens with one attached hydrogen (secondary N) is 2. The first-order valence-electron chi connectivity index (χ1n) is 5.50. The lowest BCUT2D eigenvalue weighted by Gasteiger charge is -2.11. The molecule has 0 spiro atoms. The van der Waals surface area contributed by atoms with Gasteiger partial charge in [0.25, 0.3) is 0 Å². The third-order valence-electron chi connectivity index (χ3n) is 2.21. The van der Waals surface area contributed by atoms with E-state index in [1.807, 2.05) is 26.0 Å². The highest BCUT2D eigenvalue weighted by Crippen LogP contribution is 2.32. The minimum absolute atomic E-state index is 0.0688. The van der Waals surface area contributed by atoms with Crippen LogP contribution in [0, 0.1) is 6.92 Å². The zero-order valence-electron chi connectivity index (χ0n) is 9.94. The Labute approximate surface area is 119 Å². The van der Waals surface area contributed by atoms with Crippen LogP contribution in [-0.4, -0.2) is 19.0 Å². The highest BCUT2D eigenvalue weighted by molar-refractivity contribution is 9.11. The molecule has 0 aliphatic heterocycles. The molecule has 0 bridgehead atoms. The molecule has 1 aromatic rings. The Hall–Kier alpha value is -0.550. The molecule has 5 heteroatoms. The highest BCUT2D eigenvalue weighted by Gasteiger charge is 2.06. The monoisotopic (exact) mass is 362 g/mol. The maximum atomic E-state index is 11.3. The number of rotatable bonds is 5. The summed E-state index contributed by atoms with van der Waals surface area (Å²) in [6.45, 7) is 5.25. The minimum atomic E-state index is 0.0688. The van der Waals surface area contributed by atoms with Crippen molar-refractivity contribution in [3.63, 3.8) is 0 Å². The predicted molar refractivity (Wildman–Crippen MR) is 78.4 cm³/mol. The van der Waals surface area contributed by atoms with Gasteiger partial charge in [0.1, 0.15) is 0 Å². The molecule has 0 unspecified atom stereocenters. The van der Waals surface area contributed by atoms with E-state index in [0.29, 0.717) is 19.5 Å². The number of aryl methyl sites for hydroxylation is 1. The number of halogens is 2. The Morgan fingerprint density at radius 2 is 1.88 bits per heavy atom. The molecule has 3 nitrogen and oxygen atoms in total. The first-order valence-corrected chi connectivity index (χ1v) is 7.09. The van der Waals surface area contributed by atoms with Gasteiger partial charge < -0.3 is 10.6 Å². The van der Waals surface area contributed by atoms with Crippen molar-refractivity contribution in [3.05, 3.63) is 26.6 Å². The van der Waals surface area contributed by atoms with E-state index in [4.69, 9.17) is 0 Å². The smallest absolute Gasteiger partial charge is 0.221 e. The number of carbonyl (C=O) groups excluding carboxylic acids is 1. The van der Waals surface area contributed by atoms with Gasteiger partial charge >= 0.3 is 0 Å². The van der Waals surface area contributed by atoms with Crippen LogP contribution in [0.25, 0.3) is 0 Å². The summed E-state index contributed by atoms with van der Waals surface area (Å²) in [5.41, 5.74) is 2.16. The molecule has 0 radical (unpaired) electrons. The van der Waals surface area contributed by atoms with Gasteiger partial charge in [0.05, 0.1) is 5.69 Å². The van der Waals surface area contributed by atoms with Gasteiger partial charge in [-0.05, 0) is 63.4 Å². The molecule has 1 rings (SSSR count). The lowest BCUT2D eigenvalue weighted by molar-refractivity contribution is -0.120. The maximum Gasteiger partial charge on any atom is 0.221 e. The fourth-order valence-corrected chi connectivity index (χ4v) is 3.15. The van der Waals surface area contributed by atoms with Crippen LogP contribution in [0.2, 0.25) is 0 Å². The summed E-state index contributed by atoms with van der Waals surface area (Å²) in [6, 6.07) is 4.08. The van der Waals surface area contributed by atoms with Gasteiger partial charge in [-0.25, -0.2) is 0 Å². The van der Waals surface area contributed by atoms with E-state index in [1.165, 1.54) is 5.56 Å². The zero-order valence-corrected chi connectivity index (χ0v) is 13.1. The molecule has 0 aliphatic carbocycles. The normalized spacial score (nSPS) is 10.1. The third kappa shape index (κ3) is 4.68. The molecule has 0 fully saturated rings. The van der Waals surface area contributed by atoms with Gasteiger partial charge in [-0.3, -0.25) is 4.79 Å². The number of anilines is 1. The van der Waals surface area contributed by atoms with Crippen molar-refractivity contribution in [3.8, 4) is 0 Å². The minimum Gasteiger partial charge on any atom is -0.383 e. The summed E-state index contributed by atoms with van der Waals surface area (Å²) in [4.78, 5) is 11.3. The molecule has 94 valence electrons. The Kier molecular flexibility index (Phi) is 5.98. The zero-order chi connectivity index (χ0) is 12.8. The van der Waals surface area contributed by atoms with Gasteiger partial charge in [-0.1, -0.05) is 0 Å². The fraction of sp³-hybridized carbons (Fsp3) is 0.417. The van der Waals surface area contributed by atoms with Crippen LogP contribution in [-0.2, 0) is 4.79 Å². The first kappa shape index (κ1) is 14.5. The summed E-state index contributed by atoms with van der Waals surface area (Å²) < 4.78 is 2.00. The van der Waals surface area contributed by atoms with Gasteiger partial charge in [-0.15, -0.1) is 0 Å². The Balaban J connectivity index is 2.55. The lowest BCUT2D eigenvalue weighted by Crippen LogP contribution is -2.24. The van der Waals surface area contributed by atoms with Crippen LogP contribution in [0.3, 0.4) is 0 Å². The van der Waals surface area contributed by atoms with Crippen molar-refractivity contribution in [1.82, 2.24) is 5.32 Å². The topological polar surface area (TPSA) is 41.1 Å². The molecule has 1 amide bonds. The number of amides is 1. The first-order chi connectivity index (χ1) is 8.04. The van der Waals surface area contributed by atoms with Crippen LogP contribution in [0.1, 0.15) is 18.9 Å². The standard InChI is InChI=1S/C12H16Br2N2O/c1-3-15-11(17)4-5-16-12-9(13)6-8(2)7-10(12)14/h6-7,16H,3-5H2,1-2H3,(H,15,17). The fourth-order valence-electron chi connectivity index (χ4n) is 1.46. The van der Waals surface area contributed by atoms with Crippen molar-refractivity contribution >= 4 is 43.5 Å². The van der Waals surface area contributed by atoms with Gasteiger partial charge in [-0.2, -0.15) is 0 Å². The summed E-state index contributed by atoms with van der Waals surface area (Å²) in [5, 5.41) is 6.01. The number of carbonyl (C=O) groups is 1. The average molecular weight is 364 g/mol. The molecule has 0 heterocycles. The van der Waals surface area contributed by atoms with Crippen LogP contribution in [0.4, 0.5) is 5.69 Å². The molecular formula is C12H16Br2N2O. The van der Waals surface area contributed by atoms with E-state index < -0.39 is 0 Å². The summed E-state index contributed by atoms with van der Waals surface area (Å²) >= 11 is 7.01. The third-order valence-corrected chi connectivity index (χ3v) is 3.47. The van der Waals surface area contributed by atoms with Crippen molar-refractivity contribution in [2.75, 3.05) is 18.4 Å². The maximum absolute atomic E-state index is 11.3. The molecule has 0 aliphatic rings. The molecule has 0 aromatic heterocycles. The molecular weight excluding hydrogens is 348 g/mol. The number of hydrogen-bond donors (Lipinski definition) is 2. The van der Waals surface area contributed by atoms with E-state index in [0.717, 1.165) is 14.6 Å². The highest BCUT2D eigenvalue weighted by atomic mass is 79.9. The Morgan fingerprint density at radius 1 is 1.29 bits per heavy atom. The number of hydrogen-bond acceptors (Lipinski definition) is 2. The lowest BCUT2D eigenvalue weighted by atomic mass is 10.2. The second kappa shape index (κ2) is 7.01. The van der Waals surface area contributed by atoms with Gasteiger partial charge in [0.2, 0.25) is 5.91 Å². The van der Waals surface area contributed by atoms with Gasteiger partial charge in [0.15, 0.2) is 0 Å². The predicted octanol–water partition coefficient (Wildman–Crippen LogP) is 3.46. The van der Waals surface area contributed by atoms with Crippen molar-refractivity contribution < 1.29 is 4.79 Å². The second-order valence-electron chi connectivity index (χ2n) is 3.73. The summed E-state index contributed by atoms with van der Waals surface area (Å²) in [7, 11) is 0. The molecule has 1 aromatic carbocycles. The van der Waals surface area contributed by atoms with Crippen molar-refractivity contribution in [2.45, 2.75) is 20.3 Å². The molecule has 2 N–H and O–H groups in total. The van der Waals surface area contributed by atoms with Crippen molar-refractivity contribution in [1.29, 1.82) is 0 Å². The van der Waals surface area contributed by atoms with E-state index in [9.17, 15) is 4.79 Å². The Bertz CT molecular complexity index is 384. The largest absolute Gasteiger partial charge is 0.383 e. The van der Waals surface area contributed by atoms with Crippen LogP contribution in [0.15, 0.2) is 21.1 Å².